The highest BCUT2D eigenvalue weighted by molar-refractivity contribution is 8.00. The third-order valence-corrected chi connectivity index (χ3v) is 4.63. The molecular formula is C16H28N2O5S. The van der Waals surface area contributed by atoms with Crippen molar-refractivity contribution in [1.29, 1.82) is 0 Å². The number of Topliss-reactive ketones (excluding diaryl/α,β-unsaturated/α-hetero) is 1. The number of carbonyl (C=O) groups excluding carboxylic acids is 3. The van der Waals surface area contributed by atoms with Crippen molar-refractivity contribution < 1.29 is 24.3 Å². The van der Waals surface area contributed by atoms with E-state index in [2.05, 4.69) is 10.6 Å². The first-order valence-corrected chi connectivity index (χ1v) is 9.21. The highest BCUT2D eigenvalue weighted by atomic mass is 32.2. The Morgan fingerprint density at radius 3 is 2.21 bits per heavy atom. The first-order valence-electron chi connectivity index (χ1n) is 8.17. The molecule has 0 aromatic carbocycles. The van der Waals surface area contributed by atoms with Gasteiger partial charge in [-0.15, -0.1) is 11.8 Å². The zero-order valence-corrected chi connectivity index (χ0v) is 15.6. The molecule has 0 aliphatic rings. The van der Waals surface area contributed by atoms with Crippen LogP contribution >= 0.6 is 11.8 Å². The fraction of sp³-hybridized carbons (Fsp3) is 0.750. The smallest absolute Gasteiger partial charge is 0.303 e. The molecule has 0 radical (unpaired) electrons. The Labute approximate surface area is 147 Å². The molecule has 24 heavy (non-hydrogen) atoms. The zero-order valence-electron chi connectivity index (χ0n) is 14.8. The number of aliphatic carboxylic acids is 1. The number of carbonyl (C=O) groups is 4. The minimum absolute atomic E-state index is 0.0370. The van der Waals surface area contributed by atoms with E-state index >= 15 is 0 Å². The van der Waals surface area contributed by atoms with Crippen LogP contribution in [0, 0.1) is 5.92 Å². The van der Waals surface area contributed by atoms with E-state index in [0.717, 1.165) is 5.75 Å². The molecule has 138 valence electrons. The Bertz CT molecular complexity index is 454. The second kappa shape index (κ2) is 11.9. The van der Waals surface area contributed by atoms with Crippen molar-refractivity contribution >= 4 is 35.3 Å². The van der Waals surface area contributed by atoms with Crippen LogP contribution in [-0.2, 0) is 19.2 Å². The molecule has 0 fully saturated rings. The number of rotatable bonds is 12. The molecule has 2 amide bonds. The maximum absolute atomic E-state index is 12.1. The third kappa shape index (κ3) is 8.90. The molecule has 0 saturated heterocycles. The van der Waals surface area contributed by atoms with Gasteiger partial charge in [0, 0.05) is 12.3 Å². The summed E-state index contributed by atoms with van der Waals surface area (Å²) in [5.74, 6) is -1.46. The van der Waals surface area contributed by atoms with E-state index in [0.29, 0.717) is 6.42 Å². The molecule has 0 aromatic rings. The van der Waals surface area contributed by atoms with Gasteiger partial charge in [0.2, 0.25) is 11.8 Å². The van der Waals surface area contributed by atoms with E-state index in [1.807, 2.05) is 13.8 Å². The normalized spacial score (nSPS) is 13.2. The van der Waals surface area contributed by atoms with Gasteiger partial charge in [-0.05, 0) is 18.6 Å². The van der Waals surface area contributed by atoms with Gasteiger partial charge in [-0.1, -0.05) is 27.7 Å². The van der Waals surface area contributed by atoms with Gasteiger partial charge in [-0.25, -0.2) is 0 Å². The van der Waals surface area contributed by atoms with Gasteiger partial charge in [0.05, 0.1) is 17.8 Å². The Balaban J connectivity index is 4.57. The van der Waals surface area contributed by atoms with Crippen molar-refractivity contribution in [2.24, 2.45) is 5.92 Å². The van der Waals surface area contributed by atoms with Gasteiger partial charge in [0.25, 0.3) is 0 Å². The average molecular weight is 360 g/mol. The molecule has 0 saturated carbocycles. The molecule has 0 aliphatic carbocycles. The fourth-order valence-corrected chi connectivity index (χ4v) is 2.94. The Hall–Kier alpha value is -1.57. The highest BCUT2D eigenvalue weighted by Gasteiger charge is 2.24. The topological polar surface area (TPSA) is 113 Å². The molecule has 0 aromatic heterocycles. The Kier molecular flexibility index (Phi) is 11.1. The van der Waals surface area contributed by atoms with E-state index in [9.17, 15) is 19.2 Å². The SMILES string of the molecule is CCSC(CC)C(=O)NCC(=O)N[C@@H](CCC(=O)O)C(=O)C(C)C. The summed E-state index contributed by atoms with van der Waals surface area (Å²) in [5, 5.41) is 13.6. The third-order valence-electron chi connectivity index (χ3n) is 3.35. The lowest BCUT2D eigenvalue weighted by Crippen LogP contribution is -2.47. The van der Waals surface area contributed by atoms with Crippen molar-refractivity contribution in [1.82, 2.24) is 10.6 Å². The largest absolute Gasteiger partial charge is 0.481 e. The number of hydrogen-bond acceptors (Lipinski definition) is 5. The molecule has 2 atom stereocenters. The standard InChI is InChI=1S/C16H28N2O5S/c1-5-12(24-6-2)16(23)17-9-13(19)18-11(7-8-14(20)21)15(22)10(3)4/h10-12H,5-9H2,1-4H3,(H,17,23)(H,18,19)(H,20,21)/t11-,12?/m0/s1. The summed E-state index contributed by atoms with van der Waals surface area (Å²) in [4.78, 5) is 46.7. The minimum atomic E-state index is -1.03. The highest BCUT2D eigenvalue weighted by Crippen LogP contribution is 2.13. The Morgan fingerprint density at radius 1 is 1.12 bits per heavy atom. The maximum atomic E-state index is 12.1. The fourth-order valence-electron chi connectivity index (χ4n) is 2.06. The van der Waals surface area contributed by atoms with Crippen LogP contribution in [0.1, 0.15) is 47.0 Å². The first kappa shape index (κ1) is 22.4. The molecule has 1 unspecified atom stereocenters. The summed E-state index contributed by atoms with van der Waals surface area (Å²) in [6.07, 6.45) is 0.495. The zero-order chi connectivity index (χ0) is 18.7. The summed E-state index contributed by atoms with van der Waals surface area (Å²) >= 11 is 1.51. The number of ketones is 1. The summed E-state index contributed by atoms with van der Waals surface area (Å²) < 4.78 is 0. The number of thioether (sulfide) groups is 1. The maximum Gasteiger partial charge on any atom is 0.303 e. The van der Waals surface area contributed by atoms with Gasteiger partial charge in [-0.2, -0.15) is 0 Å². The van der Waals surface area contributed by atoms with Crippen LogP contribution in [0.2, 0.25) is 0 Å². The molecule has 7 nitrogen and oxygen atoms in total. The molecule has 0 rings (SSSR count). The van der Waals surface area contributed by atoms with Gasteiger partial charge in [0.15, 0.2) is 5.78 Å². The lowest BCUT2D eigenvalue weighted by Gasteiger charge is -2.19. The van der Waals surface area contributed by atoms with E-state index in [1.165, 1.54) is 11.8 Å². The van der Waals surface area contributed by atoms with Gasteiger partial charge >= 0.3 is 5.97 Å². The lowest BCUT2D eigenvalue weighted by atomic mass is 9.98. The van der Waals surface area contributed by atoms with Crippen molar-refractivity contribution in [2.75, 3.05) is 12.3 Å². The molecule has 0 aliphatic heterocycles. The van der Waals surface area contributed by atoms with Gasteiger partial charge in [0.1, 0.15) is 0 Å². The molecule has 0 spiro atoms. The number of hydrogen-bond donors (Lipinski definition) is 3. The van der Waals surface area contributed by atoms with Crippen molar-refractivity contribution in [3.05, 3.63) is 0 Å². The second-order valence-corrected chi connectivity index (χ2v) is 7.16. The number of amides is 2. The van der Waals surface area contributed by atoms with E-state index in [-0.39, 0.29) is 42.2 Å². The summed E-state index contributed by atoms with van der Waals surface area (Å²) in [7, 11) is 0. The molecular weight excluding hydrogens is 332 g/mol. The second-order valence-electron chi connectivity index (χ2n) is 5.68. The quantitative estimate of drug-likeness (QED) is 0.482. The van der Waals surface area contributed by atoms with E-state index < -0.39 is 17.9 Å². The molecule has 8 heteroatoms. The molecule has 0 bridgehead atoms. The summed E-state index contributed by atoms with van der Waals surface area (Å²) in [6, 6.07) is -0.850. The van der Waals surface area contributed by atoms with Crippen LogP contribution in [0.3, 0.4) is 0 Å². The number of carboxylic acids is 1. The van der Waals surface area contributed by atoms with E-state index in [4.69, 9.17) is 5.11 Å². The summed E-state index contributed by atoms with van der Waals surface area (Å²) in [6.45, 7) is 7.01. The Morgan fingerprint density at radius 2 is 1.75 bits per heavy atom. The predicted molar refractivity (Wildman–Crippen MR) is 93.9 cm³/mol. The van der Waals surface area contributed by atoms with Crippen molar-refractivity contribution in [3.63, 3.8) is 0 Å². The van der Waals surface area contributed by atoms with Crippen LogP contribution < -0.4 is 10.6 Å². The number of carboxylic acid groups (broad SMARTS) is 1. The van der Waals surface area contributed by atoms with Crippen LogP contribution in [0.25, 0.3) is 0 Å². The van der Waals surface area contributed by atoms with Crippen molar-refractivity contribution in [3.8, 4) is 0 Å². The molecule has 3 N–H and O–H groups in total. The predicted octanol–water partition coefficient (Wildman–Crippen LogP) is 1.21. The van der Waals surface area contributed by atoms with E-state index in [1.54, 1.807) is 13.8 Å². The average Bonchev–Trinajstić information content (AvgIpc) is 2.53. The summed E-state index contributed by atoms with van der Waals surface area (Å²) in [5.41, 5.74) is 0. The van der Waals surface area contributed by atoms with Crippen LogP contribution in [-0.4, -0.2) is 52.3 Å². The number of nitrogens with one attached hydrogen (secondary N) is 2. The van der Waals surface area contributed by atoms with Crippen LogP contribution in [0.5, 0.6) is 0 Å². The molecule has 0 heterocycles. The lowest BCUT2D eigenvalue weighted by molar-refractivity contribution is -0.138. The van der Waals surface area contributed by atoms with Gasteiger partial charge in [-0.3, -0.25) is 19.2 Å². The van der Waals surface area contributed by atoms with Crippen molar-refractivity contribution in [2.45, 2.75) is 58.2 Å². The minimum Gasteiger partial charge on any atom is -0.481 e. The van der Waals surface area contributed by atoms with Crippen LogP contribution in [0.4, 0.5) is 0 Å². The first-order chi connectivity index (χ1) is 11.2. The van der Waals surface area contributed by atoms with Crippen LogP contribution in [0.15, 0.2) is 0 Å². The van der Waals surface area contributed by atoms with Gasteiger partial charge < -0.3 is 15.7 Å². The monoisotopic (exact) mass is 360 g/mol.